The molecule has 0 bridgehead atoms. The normalized spacial score (nSPS) is 10.9. The lowest BCUT2D eigenvalue weighted by Gasteiger charge is -2.04. The third kappa shape index (κ3) is 6.05. The quantitative estimate of drug-likeness (QED) is 0.410. The van der Waals surface area contributed by atoms with Gasteiger partial charge in [-0.3, -0.25) is 0 Å². The van der Waals surface area contributed by atoms with Gasteiger partial charge < -0.3 is 0 Å². The molecule has 0 aliphatic rings. The van der Waals surface area contributed by atoms with Crippen molar-refractivity contribution >= 4 is 11.3 Å². The first-order valence-electron chi connectivity index (χ1n) is 8.53. The first-order valence-corrected chi connectivity index (χ1v) is 9.41. The van der Waals surface area contributed by atoms with Gasteiger partial charge in [0.1, 0.15) is 0 Å². The Morgan fingerprint density at radius 3 is 2.05 bits per heavy atom. The SMILES string of the molecule is CCCCCCCCCCc1ccc(-c2cccs2)cc1. The highest BCUT2D eigenvalue weighted by Crippen LogP contribution is 2.25. The summed E-state index contributed by atoms with van der Waals surface area (Å²) in [6, 6.07) is 13.5. The molecule has 0 unspecified atom stereocenters. The van der Waals surface area contributed by atoms with E-state index in [1.807, 2.05) is 11.3 Å². The minimum absolute atomic E-state index is 1.24. The lowest BCUT2D eigenvalue weighted by atomic mass is 10.0. The molecule has 0 fully saturated rings. The van der Waals surface area contributed by atoms with Crippen LogP contribution in [0.2, 0.25) is 0 Å². The summed E-state index contributed by atoms with van der Waals surface area (Å²) in [5, 5.41) is 2.14. The molecule has 0 amide bonds. The monoisotopic (exact) mass is 300 g/mol. The van der Waals surface area contributed by atoms with Crippen molar-refractivity contribution in [2.24, 2.45) is 0 Å². The number of hydrogen-bond acceptors (Lipinski definition) is 1. The Kier molecular flexibility index (Phi) is 7.59. The molecule has 0 radical (unpaired) electrons. The van der Waals surface area contributed by atoms with Gasteiger partial charge in [-0.25, -0.2) is 0 Å². The van der Waals surface area contributed by atoms with Crippen molar-refractivity contribution in [2.75, 3.05) is 0 Å². The van der Waals surface area contributed by atoms with Gasteiger partial charge in [0, 0.05) is 4.88 Å². The molecule has 0 saturated carbocycles. The first-order chi connectivity index (χ1) is 10.4. The lowest BCUT2D eigenvalue weighted by molar-refractivity contribution is 0.575. The number of benzene rings is 1. The molecule has 114 valence electrons. The van der Waals surface area contributed by atoms with E-state index in [2.05, 4.69) is 48.7 Å². The van der Waals surface area contributed by atoms with E-state index in [0.29, 0.717) is 0 Å². The zero-order chi connectivity index (χ0) is 14.8. The van der Waals surface area contributed by atoms with E-state index in [4.69, 9.17) is 0 Å². The fraction of sp³-hybridized carbons (Fsp3) is 0.500. The molecule has 2 aromatic rings. The minimum atomic E-state index is 1.24. The molecular formula is C20H28S. The van der Waals surface area contributed by atoms with Crippen LogP contribution in [0.3, 0.4) is 0 Å². The summed E-state index contributed by atoms with van der Waals surface area (Å²) >= 11 is 1.81. The van der Waals surface area contributed by atoms with Gasteiger partial charge in [0.15, 0.2) is 0 Å². The molecule has 0 N–H and O–H groups in total. The number of rotatable bonds is 10. The van der Waals surface area contributed by atoms with Crippen LogP contribution in [-0.4, -0.2) is 0 Å². The summed E-state index contributed by atoms with van der Waals surface area (Å²) in [6.45, 7) is 2.28. The maximum absolute atomic E-state index is 2.30. The Labute approximate surface area is 134 Å². The lowest BCUT2D eigenvalue weighted by Crippen LogP contribution is -1.86. The Hall–Kier alpha value is -1.08. The van der Waals surface area contributed by atoms with E-state index in [9.17, 15) is 0 Å². The van der Waals surface area contributed by atoms with Crippen molar-refractivity contribution in [3.8, 4) is 10.4 Å². The summed E-state index contributed by atoms with van der Waals surface area (Å²) in [4.78, 5) is 1.37. The van der Waals surface area contributed by atoms with Crippen molar-refractivity contribution in [1.82, 2.24) is 0 Å². The molecule has 0 atom stereocenters. The van der Waals surface area contributed by atoms with Crippen molar-refractivity contribution < 1.29 is 0 Å². The summed E-state index contributed by atoms with van der Waals surface area (Å²) in [5.41, 5.74) is 2.84. The third-order valence-electron chi connectivity index (χ3n) is 4.08. The topological polar surface area (TPSA) is 0 Å². The number of aryl methyl sites for hydroxylation is 1. The van der Waals surface area contributed by atoms with E-state index in [0.717, 1.165) is 0 Å². The van der Waals surface area contributed by atoms with Gasteiger partial charge >= 0.3 is 0 Å². The smallest absolute Gasteiger partial charge is 0.0342 e. The second-order valence-corrected chi connectivity index (χ2v) is 6.85. The molecular weight excluding hydrogens is 272 g/mol. The molecule has 0 aliphatic carbocycles. The fourth-order valence-corrected chi connectivity index (χ4v) is 3.47. The van der Waals surface area contributed by atoms with Gasteiger partial charge in [0.25, 0.3) is 0 Å². The van der Waals surface area contributed by atoms with Crippen molar-refractivity contribution in [3.05, 3.63) is 47.3 Å². The van der Waals surface area contributed by atoms with Crippen molar-refractivity contribution in [1.29, 1.82) is 0 Å². The van der Waals surface area contributed by atoms with Crippen molar-refractivity contribution in [3.63, 3.8) is 0 Å². The molecule has 1 heteroatoms. The molecule has 1 aromatic carbocycles. The van der Waals surface area contributed by atoms with E-state index in [1.54, 1.807) is 0 Å². The van der Waals surface area contributed by atoms with Gasteiger partial charge in [0.05, 0.1) is 0 Å². The summed E-state index contributed by atoms with van der Waals surface area (Å²) in [6.07, 6.45) is 12.4. The molecule has 21 heavy (non-hydrogen) atoms. The average molecular weight is 301 g/mol. The van der Waals surface area contributed by atoms with Gasteiger partial charge in [-0.2, -0.15) is 0 Å². The number of hydrogen-bond donors (Lipinski definition) is 0. The molecule has 1 heterocycles. The largest absolute Gasteiger partial charge is 0.144 e. The highest BCUT2D eigenvalue weighted by molar-refractivity contribution is 7.13. The summed E-state index contributed by atoms with van der Waals surface area (Å²) in [5.74, 6) is 0. The zero-order valence-corrected chi connectivity index (χ0v) is 14.1. The molecule has 0 aliphatic heterocycles. The van der Waals surface area contributed by atoms with E-state index >= 15 is 0 Å². The predicted molar refractivity (Wildman–Crippen MR) is 96.1 cm³/mol. The summed E-state index contributed by atoms with van der Waals surface area (Å²) < 4.78 is 0. The predicted octanol–water partition coefficient (Wildman–Crippen LogP) is 7.10. The molecule has 0 nitrogen and oxygen atoms in total. The second-order valence-electron chi connectivity index (χ2n) is 5.90. The average Bonchev–Trinajstić information content (AvgIpc) is 3.05. The Balaban J connectivity index is 1.61. The minimum Gasteiger partial charge on any atom is -0.144 e. The van der Waals surface area contributed by atoms with Crippen LogP contribution < -0.4 is 0 Å². The van der Waals surface area contributed by atoms with E-state index < -0.39 is 0 Å². The Morgan fingerprint density at radius 2 is 1.43 bits per heavy atom. The zero-order valence-electron chi connectivity index (χ0n) is 13.3. The maximum atomic E-state index is 2.30. The van der Waals surface area contributed by atoms with Crippen molar-refractivity contribution in [2.45, 2.75) is 64.7 Å². The van der Waals surface area contributed by atoms with Gasteiger partial charge in [-0.15, -0.1) is 11.3 Å². The molecule has 0 spiro atoms. The maximum Gasteiger partial charge on any atom is 0.0342 e. The van der Waals surface area contributed by atoms with Crippen LogP contribution in [0.25, 0.3) is 10.4 Å². The fourth-order valence-electron chi connectivity index (χ4n) is 2.74. The van der Waals surface area contributed by atoms with Crippen LogP contribution in [-0.2, 0) is 6.42 Å². The van der Waals surface area contributed by atoms with Crippen LogP contribution in [0, 0.1) is 0 Å². The van der Waals surface area contributed by atoms with E-state index in [-0.39, 0.29) is 0 Å². The van der Waals surface area contributed by atoms with Crippen LogP contribution >= 0.6 is 11.3 Å². The molecule has 1 aromatic heterocycles. The summed E-state index contributed by atoms with van der Waals surface area (Å²) in [7, 11) is 0. The standard InChI is InChI=1S/C20H28S/c1-2-3-4-5-6-7-8-9-11-18-13-15-19(16-14-18)20-12-10-17-21-20/h10,12-17H,2-9,11H2,1H3. The van der Waals surface area contributed by atoms with Gasteiger partial charge in [-0.05, 0) is 35.4 Å². The van der Waals surface area contributed by atoms with Gasteiger partial charge in [-0.1, -0.05) is 82.2 Å². The number of thiophene rings is 1. The Morgan fingerprint density at radius 1 is 0.762 bits per heavy atom. The van der Waals surface area contributed by atoms with Crippen LogP contribution in [0.5, 0.6) is 0 Å². The second kappa shape index (κ2) is 9.78. The van der Waals surface area contributed by atoms with Crippen LogP contribution in [0.15, 0.2) is 41.8 Å². The van der Waals surface area contributed by atoms with Crippen LogP contribution in [0.4, 0.5) is 0 Å². The van der Waals surface area contributed by atoms with E-state index in [1.165, 1.54) is 73.8 Å². The highest BCUT2D eigenvalue weighted by Gasteiger charge is 1.99. The third-order valence-corrected chi connectivity index (χ3v) is 5.00. The Bertz CT molecular complexity index is 467. The molecule has 2 rings (SSSR count). The van der Waals surface area contributed by atoms with Gasteiger partial charge in [0.2, 0.25) is 0 Å². The highest BCUT2D eigenvalue weighted by atomic mass is 32.1. The molecule has 0 saturated heterocycles. The number of unbranched alkanes of at least 4 members (excludes halogenated alkanes) is 7. The van der Waals surface area contributed by atoms with Crippen LogP contribution in [0.1, 0.15) is 63.9 Å². The first kappa shape index (κ1) is 16.3.